The standard InChI is InChI=1S/C12H12ClN3O3S2/c1-7-4-19-3-2-16(7)11-10-9(14-12(13)15-11)8(5-20-10)6-21(17)18/h5-7H,2-4H2,1H3/t7-/m1/s1. The number of hydrogen-bond donors (Lipinski definition) is 0. The summed E-state index contributed by atoms with van der Waals surface area (Å²) in [5.41, 5.74) is 1.10. The second-order valence-electron chi connectivity index (χ2n) is 4.68. The first-order valence-corrected chi connectivity index (χ1v) is 8.68. The van der Waals surface area contributed by atoms with Crippen molar-refractivity contribution in [3.8, 4) is 0 Å². The van der Waals surface area contributed by atoms with E-state index in [1.807, 2.05) is 6.92 Å². The minimum atomic E-state index is -2.28. The number of thiophene rings is 1. The van der Waals surface area contributed by atoms with Crippen LogP contribution in [0.3, 0.4) is 0 Å². The molecule has 112 valence electrons. The third-order valence-electron chi connectivity index (χ3n) is 3.26. The molecule has 0 amide bonds. The van der Waals surface area contributed by atoms with E-state index in [4.69, 9.17) is 16.3 Å². The van der Waals surface area contributed by atoms with Gasteiger partial charge in [-0.15, -0.1) is 11.3 Å². The fourth-order valence-corrected chi connectivity index (χ4v) is 3.92. The molecule has 0 radical (unpaired) electrons. The molecule has 2 aromatic rings. The summed E-state index contributed by atoms with van der Waals surface area (Å²) in [5, 5.41) is 3.00. The number of aromatic nitrogens is 2. The SMILES string of the molecule is C[C@@H]1COCCN1c1nc(Cl)nc2c(C=S(=O)=O)csc12. The van der Waals surface area contributed by atoms with Crippen molar-refractivity contribution in [2.75, 3.05) is 24.7 Å². The van der Waals surface area contributed by atoms with Gasteiger partial charge in [0, 0.05) is 17.5 Å². The second-order valence-corrected chi connectivity index (χ2v) is 6.66. The van der Waals surface area contributed by atoms with Crippen molar-refractivity contribution < 1.29 is 13.2 Å². The third-order valence-corrected chi connectivity index (χ3v) is 4.86. The lowest BCUT2D eigenvalue weighted by Gasteiger charge is -2.34. The fourth-order valence-electron chi connectivity index (χ4n) is 2.32. The lowest BCUT2D eigenvalue weighted by Crippen LogP contribution is -2.44. The molecule has 0 N–H and O–H groups in total. The molecule has 1 aliphatic heterocycles. The number of rotatable bonds is 2. The lowest BCUT2D eigenvalue weighted by atomic mass is 10.2. The predicted octanol–water partition coefficient (Wildman–Crippen LogP) is 1.60. The average Bonchev–Trinajstić information content (AvgIpc) is 2.81. The lowest BCUT2D eigenvalue weighted by molar-refractivity contribution is 0.0987. The maximum atomic E-state index is 10.9. The van der Waals surface area contributed by atoms with Crippen LogP contribution in [-0.4, -0.2) is 49.6 Å². The molecule has 0 unspecified atom stereocenters. The van der Waals surface area contributed by atoms with Gasteiger partial charge >= 0.3 is 0 Å². The maximum Gasteiger partial charge on any atom is 0.224 e. The monoisotopic (exact) mass is 345 g/mol. The molecule has 1 atom stereocenters. The van der Waals surface area contributed by atoms with E-state index in [0.29, 0.717) is 30.8 Å². The Morgan fingerprint density at radius 1 is 1.52 bits per heavy atom. The van der Waals surface area contributed by atoms with Crippen molar-refractivity contribution in [1.29, 1.82) is 0 Å². The number of anilines is 1. The number of halogens is 1. The van der Waals surface area contributed by atoms with Crippen LogP contribution in [0.1, 0.15) is 12.5 Å². The zero-order valence-electron chi connectivity index (χ0n) is 11.1. The summed E-state index contributed by atoms with van der Waals surface area (Å²) < 4.78 is 28.0. The van der Waals surface area contributed by atoms with Gasteiger partial charge in [-0.05, 0) is 18.5 Å². The molecular formula is C12H12ClN3O3S2. The second kappa shape index (κ2) is 5.88. The van der Waals surface area contributed by atoms with Crippen LogP contribution in [0.25, 0.3) is 10.2 Å². The van der Waals surface area contributed by atoms with Crippen molar-refractivity contribution in [1.82, 2.24) is 9.97 Å². The maximum absolute atomic E-state index is 10.9. The van der Waals surface area contributed by atoms with Gasteiger partial charge in [0.2, 0.25) is 15.6 Å². The number of hydrogen-bond acceptors (Lipinski definition) is 7. The van der Waals surface area contributed by atoms with Crippen LogP contribution in [0.15, 0.2) is 5.38 Å². The molecule has 9 heteroatoms. The van der Waals surface area contributed by atoms with Crippen LogP contribution in [0.5, 0.6) is 0 Å². The van der Waals surface area contributed by atoms with Gasteiger partial charge < -0.3 is 9.64 Å². The first-order valence-electron chi connectivity index (χ1n) is 6.28. The van der Waals surface area contributed by atoms with E-state index >= 15 is 0 Å². The molecule has 2 aromatic heterocycles. The Balaban J connectivity index is 2.19. The first kappa shape index (κ1) is 14.7. The van der Waals surface area contributed by atoms with Crippen LogP contribution in [0.2, 0.25) is 5.28 Å². The number of nitrogens with zero attached hydrogens (tertiary/aromatic N) is 3. The predicted molar refractivity (Wildman–Crippen MR) is 84.1 cm³/mol. The van der Waals surface area contributed by atoms with Crippen molar-refractivity contribution in [3.05, 3.63) is 16.2 Å². The van der Waals surface area contributed by atoms with E-state index in [9.17, 15) is 8.42 Å². The van der Waals surface area contributed by atoms with E-state index in [-0.39, 0.29) is 11.3 Å². The molecule has 3 rings (SSSR count). The average molecular weight is 346 g/mol. The van der Waals surface area contributed by atoms with Crippen molar-refractivity contribution in [2.45, 2.75) is 13.0 Å². The molecular weight excluding hydrogens is 334 g/mol. The Morgan fingerprint density at radius 2 is 2.33 bits per heavy atom. The summed E-state index contributed by atoms with van der Waals surface area (Å²) in [6, 6.07) is 0.177. The minimum Gasteiger partial charge on any atom is -0.377 e. The van der Waals surface area contributed by atoms with Crippen LogP contribution in [-0.2, 0) is 15.0 Å². The minimum absolute atomic E-state index is 0.112. The van der Waals surface area contributed by atoms with Gasteiger partial charge in [-0.25, -0.2) is 4.98 Å². The summed E-state index contributed by atoms with van der Waals surface area (Å²) in [5.74, 6) is 0.738. The highest BCUT2D eigenvalue weighted by atomic mass is 35.5. The van der Waals surface area contributed by atoms with E-state index in [0.717, 1.165) is 15.9 Å². The van der Waals surface area contributed by atoms with Crippen molar-refractivity contribution in [3.63, 3.8) is 0 Å². The Bertz CT molecular complexity index is 811. The largest absolute Gasteiger partial charge is 0.377 e. The molecule has 6 nitrogen and oxygen atoms in total. The summed E-state index contributed by atoms with van der Waals surface area (Å²) >= 11 is 7.43. The van der Waals surface area contributed by atoms with Gasteiger partial charge in [-0.3, -0.25) is 0 Å². The van der Waals surface area contributed by atoms with Crippen LogP contribution < -0.4 is 4.90 Å². The molecule has 0 aromatic carbocycles. The smallest absolute Gasteiger partial charge is 0.224 e. The Morgan fingerprint density at radius 3 is 3.05 bits per heavy atom. The molecule has 1 fully saturated rings. The Labute approximate surface area is 131 Å². The number of fused-ring (bicyclic) bond motifs is 1. The highest BCUT2D eigenvalue weighted by Gasteiger charge is 2.24. The van der Waals surface area contributed by atoms with Gasteiger partial charge in [0.15, 0.2) is 5.82 Å². The molecule has 0 spiro atoms. The number of morpholine rings is 1. The number of ether oxygens (including phenoxy) is 1. The van der Waals surface area contributed by atoms with Crippen LogP contribution in [0.4, 0.5) is 5.82 Å². The first-order chi connectivity index (χ1) is 10.1. The van der Waals surface area contributed by atoms with Crippen LogP contribution in [0, 0.1) is 0 Å². The zero-order valence-corrected chi connectivity index (χ0v) is 13.5. The van der Waals surface area contributed by atoms with Gasteiger partial charge in [0.05, 0.1) is 34.8 Å². The zero-order chi connectivity index (χ0) is 15.0. The normalized spacial score (nSPS) is 19.0. The quantitative estimate of drug-likeness (QED) is 0.608. The van der Waals surface area contributed by atoms with E-state index in [1.165, 1.54) is 11.3 Å². The topological polar surface area (TPSA) is 72.4 Å². The summed E-state index contributed by atoms with van der Waals surface area (Å²) in [6.07, 6.45) is 0. The third kappa shape index (κ3) is 2.89. The molecule has 0 aliphatic carbocycles. The molecule has 0 saturated carbocycles. The summed E-state index contributed by atoms with van der Waals surface area (Å²) in [6.45, 7) is 4.02. The molecule has 3 heterocycles. The molecule has 21 heavy (non-hydrogen) atoms. The summed E-state index contributed by atoms with van der Waals surface area (Å²) in [7, 11) is -2.28. The van der Waals surface area contributed by atoms with E-state index < -0.39 is 10.3 Å². The Kier molecular flexibility index (Phi) is 4.12. The van der Waals surface area contributed by atoms with E-state index in [2.05, 4.69) is 14.9 Å². The highest BCUT2D eigenvalue weighted by Crippen LogP contribution is 2.33. The van der Waals surface area contributed by atoms with Gasteiger partial charge in [-0.1, -0.05) is 0 Å². The van der Waals surface area contributed by atoms with Crippen molar-refractivity contribution >= 4 is 54.6 Å². The summed E-state index contributed by atoms with van der Waals surface area (Å²) in [4.78, 5) is 10.6. The molecule has 0 bridgehead atoms. The van der Waals surface area contributed by atoms with Crippen LogP contribution >= 0.6 is 22.9 Å². The van der Waals surface area contributed by atoms with Crippen molar-refractivity contribution in [2.24, 2.45) is 0 Å². The van der Waals surface area contributed by atoms with Gasteiger partial charge in [0.25, 0.3) is 0 Å². The fraction of sp³-hybridized carbons (Fsp3) is 0.417. The van der Waals surface area contributed by atoms with E-state index in [1.54, 1.807) is 5.38 Å². The van der Waals surface area contributed by atoms with Gasteiger partial charge in [0.1, 0.15) is 0 Å². The molecule has 1 saturated heterocycles. The Hall–Kier alpha value is -1.22. The highest BCUT2D eigenvalue weighted by molar-refractivity contribution is 7.71. The van der Waals surface area contributed by atoms with Gasteiger partial charge in [-0.2, -0.15) is 13.4 Å². The molecule has 1 aliphatic rings.